The Balaban J connectivity index is 1.87. The molecular formula is C19H23NO. The van der Waals surface area contributed by atoms with Crippen molar-refractivity contribution < 1.29 is 5.11 Å². The number of aliphatic hydroxyl groups excluding tert-OH is 1. The second kappa shape index (κ2) is 5.98. The van der Waals surface area contributed by atoms with E-state index >= 15 is 0 Å². The lowest BCUT2D eigenvalue weighted by atomic mass is 9.81. The molecule has 2 nitrogen and oxygen atoms in total. The summed E-state index contributed by atoms with van der Waals surface area (Å²) in [6, 6.07) is 12.5. The van der Waals surface area contributed by atoms with Crippen molar-refractivity contribution in [3.05, 3.63) is 65.0 Å². The first kappa shape index (κ1) is 14.3. The summed E-state index contributed by atoms with van der Waals surface area (Å²) in [6.07, 6.45) is 4.60. The van der Waals surface area contributed by atoms with Gasteiger partial charge in [0.1, 0.15) is 0 Å². The van der Waals surface area contributed by atoms with Crippen LogP contribution in [0.1, 0.15) is 67.0 Å². The van der Waals surface area contributed by atoms with Crippen LogP contribution >= 0.6 is 0 Å². The van der Waals surface area contributed by atoms with Gasteiger partial charge in [0, 0.05) is 17.8 Å². The standard InChI is InChI=1S/C19H23NO/c1-13(2)14-8-10-16(11-9-14)19(21)17-7-3-5-15-6-4-12-20-18(15)17/h4,6,8-13,17,19,21H,3,5,7H2,1-2H3. The van der Waals surface area contributed by atoms with Crippen molar-refractivity contribution in [2.75, 3.05) is 0 Å². The van der Waals surface area contributed by atoms with E-state index < -0.39 is 6.10 Å². The van der Waals surface area contributed by atoms with E-state index in [0.717, 1.165) is 30.5 Å². The minimum Gasteiger partial charge on any atom is -0.388 e. The zero-order valence-electron chi connectivity index (χ0n) is 12.8. The topological polar surface area (TPSA) is 33.1 Å². The van der Waals surface area contributed by atoms with Crippen molar-refractivity contribution in [2.45, 2.75) is 51.0 Å². The van der Waals surface area contributed by atoms with Gasteiger partial charge in [0.2, 0.25) is 0 Å². The maximum absolute atomic E-state index is 10.8. The molecule has 1 aliphatic rings. The molecule has 0 spiro atoms. The minimum atomic E-state index is -0.458. The number of aromatic nitrogens is 1. The largest absolute Gasteiger partial charge is 0.388 e. The zero-order chi connectivity index (χ0) is 14.8. The second-order valence-corrected chi connectivity index (χ2v) is 6.31. The van der Waals surface area contributed by atoms with Gasteiger partial charge in [-0.1, -0.05) is 44.2 Å². The molecule has 2 atom stereocenters. The summed E-state index contributed by atoms with van der Waals surface area (Å²) in [6.45, 7) is 4.37. The first-order valence-corrected chi connectivity index (χ1v) is 7.88. The van der Waals surface area contributed by atoms with Crippen molar-refractivity contribution in [2.24, 2.45) is 0 Å². The number of pyridine rings is 1. The Morgan fingerprint density at radius 1 is 1.10 bits per heavy atom. The van der Waals surface area contributed by atoms with Gasteiger partial charge in [-0.25, -0.2) is 0 Å². The van der Waals surface area contributed by atoms with Crippen LogP contribution in [-0.2, 0) is 6.42 Å². The monoisotopic (exact) mass is 281 g/mol. The molecule has 21 heavy (non-hydrogen) atoms. The fraction of sp³-hybridized carbons (Fsp3) is 0.421. The van der Waals surface area contributed by atoms with Gasteiger partial charge in [0.25, 0.3) is 0 Å². The van der Waals surface area contributed by atoms with Crippen LogP contribution in [-0.4, -0.2) is 10.1 Å². The van der Waals surface area contributed by atoms with Gasteiger partial charge in [0.15, 0.2) is 0 Å². The molecule has 1 aromatic heterocycles. The highest BCUT2D eigenvalue weighted by Gasteiger charge is 2.28. The van der Waals surface area contributed by atoms with Crippen LogP contribution in [0.5, 0.6) is 0 Å². The molecule has 0 bridgehead atoms. The highest BCUT2D eigenvalue weighted by molar-refractivity contribution is 5.32. The molecule has 1 N–H and O–H groups in total. The van der Waals surface area contributed by atoms with Crippen LogP contribution in [0.3, 0.4) is 0 Å². The summed E-state index contributed by atoms with van der Waals surface area (Å²) in [7, 11) is 0. The van der Waals surface area contributed by atoms with Crippen LogP contribution in [0.25, 0.3) is 0 Å². The van der Waals surface area contributed by atoms with Gasteiger partial charge < -0.3 is 5.11 Å². The molecule has 0 radical (unpaired) electrons. The Morgan fingerprint density at radius 2 is 1.81 bits per heavy atom. The third kappa shape index (κ3) is 2.86. The lowest BCUT2D eigenvalue weighted by molar-refractivity contribution is 0.134. The molecule has 0 saturated heterocycles. The Kier molecular flexibility index (Phi) is 4.07. The number of hydrogen-bond donors (Lipinski definition) is 1. The van der Waals surface area contributed by atoms with E-state index in [0.29, 0.717) is 5.92 Å². The lowest BCUT2D eigenvalue weighted by Crippen LogP contribution is -2.18. The summed E-state index contributed by atoms with van der Waals surface area (Å²) < 4.78 is 0. The average molecular weight is 281 g/mol. The molecule has 2 unspecified atom stereocenters. The molecule has 2 aromatic rings. The van der Waals surface area contributed by atoms with Crippen molar-refractivity contribution >= 4 is 0 Å². The molecule has 2 heteroatoms. The Labute approximate surface area is 126 Å². The lowest BCUT2D eigenvalue weighted by Gasteiger charge is -2.28. The molecule has 1 aromatic carbocycles. The van der Waals surface area contributed by atoms with Gasteiger partial charge in [0.05, 0.1) is 6.10 Å². The summed E-state index contributed by atoms with van der Waals surface area (Å²) >= 11 is 0. The number of rotatable bonds is 3. The zero-order valence-corrected chi connectivity index (χ0v) is 12.8. The van der Waals surface area contributed by atoms with E-state index in [1.165, 1.54) is 11.1 Å². The third-order valence-electron chi connectivity index (χ3n) is 4.56. The number of hydrogen-bond acceptors (Lipinski definition) is 2. The number of fused-ring (bicyclic) bond motifs is 1. The second-order valence-electron chi connectivity index (χ2n) is 6.31. The highest BCUT2D eigenvalue weighted by atomic mass is 16.3. The molecule has 3 rings (SSSR count). The predicted molar refractivity (Wildman–Crippen MR) is 85.4 cm³/mol. The van der Waals surface area contributed by atoms with Gasteiger partial charge >= 0.3 is 0 Å². The van der Waals surface area contributed by atoms with E-state index in [-0.39, 0.29) is 5.92 Å². The van der Waals surface area contributed by atoms with E-state index in [9.17, 15) is 5.11 Å². The molecule has 1 aliphatic carbocycles. The maximum Gasteiger partial charge on any atom is 0.0873 e. The fourth-order valence-electron chi connectivity index (χ4n) is 3.26. The molecule has 0 saturated carbocycles. The van der Waals surface area contributed by atoms with Gasteiger partial charge in [-0.15, -0.1) is 0 Å². The van der Waals surface area contributed by atoms with E-state index in [2.05, 4.69) is 49.2 Å². The summed E-state index contributed by atoms with van der Waals surface area (Å²) in [4.78, 5) is 4.53. The average Bonchev–Trinajstić information content (AvgIpc) is 2.53. The summed E-state index contributed by atoms with van der Waals surface area (Å²) in [5, 5.41) is 10.8. The number of benzene rings is 1. The first-order valence-electron chi connectivity index (χ1n) is 7.88. The van der Waals surface area contributed by atoms with Crippen LogP contribution in [0.4, 0.5) is 0 Å². The maximum atomic E-state index is 10.8. The Hall–Kier alpha value is -1.67. The number of nitrogens with zero attached hydrogens (tertiary/aromatic N) is 1. The third-order valence-corrected chi connectivity index (χ3v) is 4.56. The van der Waals surface area contributed by atoms with Crippen LogP contribution in [0.15, 0.2) is 42.6 Å². The van der Waals surface area contributed by atoms with Gasteiger partial charge in [-0.05, 0) is 47.9 Å². The molecule has 0 fully saturated rings. The van der Waals surface area contributed by atoms with Crippen molar-refractivity contribution in [1.82, 2.24) is 4.98 Å². The van der Waals surface area contributed by atoms with E-state index in [4.69, 9.17) is 0 Å². The fourth-order valence-corrected chi connectivity index (χ4v) is 3.26. The van der Waals surface area contributed by atoms with Crippen molar-refractivity contribution in [1.29, 1.82) is 0 Å². The van der Waals surface area contributed by atoms with Gasteiger partial charge in [-0.3, -0.25) is 4.98 Å². The number of aryl methyl sites for hydroxylation is 1. The van der Waals surface area contributed by atoms with Gasteiger partial charge in [-0.2, -0.15) is 0 Å². The summed E-state index contributed by atoms with van der Waals surface area (Å²) in [5.74, 6) is 0.646. The quantitative estimate of drug-likeness (QED) is 0.907. The summed E-state index contributed by atoms with van der Waals surface area (Å²) in [5.41, 5.74) is 4.70. The smallest absolute Gasteiger partial charge is 0.0873 e. The first-order chi connectivity index (χ1) is 10.2. The molecule has 110 valence electrons. The van der Waals surface area contributed by atoms with Crippen LogP contribution in [0, 0.1) is 0 Å². The number of aliphatic hydroxyl groups is 1. The molecular weight excluding hydrogens is 258 g/mol. The molecule has 0 aliphatic heterocycles. The normalized spacial score (nSPS) is 19.3. The van der Waals surface area contributed by atoms with E-state index in [1.807, 2.05) is 12.3 Å². The van der Waals surface area contributed by atoms with Crippen LogP contribution in [0.2, 0.25) is 0 Å². The SMILES string of the molecule is CC(C)c1ccc(C(O)C2CCCc3cccnc32)cc1. The van der Waals surface area contributed by atoms with Crippen molar-refractivity contribution in [3.8, 4) is 0 Å². The highest BCUT2D eigenvalue weighted by Crippen LogP contribution is 2.39. The molecule has 0 amide bonds. The van der Waals surface area contributed by atoms with E-state index in [1.54, 1.807) is 0 Å². The Morgan fingerprint density at radius 3 is 2.52 bits per heavy atom. The Bertz CT molecular complexity index is 603. The minimum absolute atomic E-state index is 0.125. The van der Waals surface area contributed by atoms with Crippen LogP contribution < -0.4 is 0 Å². The van der Waals surface area contributed by atoms with Crippen molar-refractivity contribution in [3.63, 3.8) is 0 Å². The molecule has 1 heterocycles. The predicted octanol–water partition coefficient (Wildman–Crippen LogP) is 4.36.